The lowest BCUT2D eigenvalue weighted by molar-refractivity contribution is -0.120. The molecule has 0 aliphatic heterocycles. The molecule has 0 bridgehead atoms. The number of aryl methyl sites for hydroxylation is 2. The van der Waals surface area contributed by atoms with E-state index in [0.717, 1.165) is 29.4 Å². The van der Waals surface area contributed by atoms with Crippen LogP contribution in [0.4, 0.5) is 0 Å². The summed E-state index contributed by atoms with van der Waals surface area (Å²) in [4.78, 5) is 12.6. The number of hydrogen-bond acceptors (Lipinski definition) is 4. The van der Waals surface area contributed by atoms with Crippen molar-refractivity contribution in [2.75, 3.05) is 0 Å². The summed E-state index contributed by atoms with van der Waals surface area (Å²) in [6, 6.07) is 18.6. The van der Waals surface area contributed by atoms with E-state index in [1.54, 1.807) is 0 Å². The fourth-order valence-corrected chi connectivity index (χ4v) is 3.95. The minimum Gasteiger partial charge on any atom is -0.353 e. The quantitative estimate of drug-likeness (QED) is 0.561. The second-order valence-corrected chi connectivity index (χ2v) is 8.74. The van der Waals surface area contributed by atoms with Crippen LogP contribution in [0.25, 0.3) is 11.4 Å². The van der Waals surface area contributed by atoms with Gasteiger partial charge in [0.15, 0.2) is 11.0 Å². The lowest BCUT2D eigenvalue weighted by Crippen LogP contribution is -2.38. The van der Waals surface area contributed by atoms with Crippen LogP contribution in [0.1, 0.15) is 31.4 Å². The van der Waals surface area contributed by atoms with Crippen molar-refractivity contribution in [1.82, 2.24) is 20.1 Å². The molecule has 1 N–H and O–H groups in total. The second-order valence-electron chi connectivity index (χ2n) is 7.43. The predicted molar refractivity (Wildman–Crippen MR) is 119 cm³/mol. The molecule has 29 heavy (non-hydrogen) atoms. The predicted octanol–water partition coefficient (Wildman–Crippen LogP) is 4.41. The van der Waals surface area contributed by atoms with Crippen molar-refractivity contribution in [2.45, 2.75) is 50.1 Å². The molecule has 3 aromatic rings. The number of hydrogen-bond donors (Lipinski definition) is 1. The van der Waals surface area contributed by atoms with E-state index < -0.39 is 0 Å². The van der Waals surface area contributed by atoms with E-state index in [0.29, 0.717) is 0 Å². The van der Waals surface area contributed by atoms with E-state index in [1.807, 2.05) is 48.9 Å². The number of carbonyl (C=O) groups is 1. The first-order valence-electron chi connectivity index (χ1n) is 9.91. The first-order chi connectivity index (χ1) is 13.9. The smallest absolute Gasteiger partial charge is 0.233 e. The van der Waals surface area contributed by atoms with Gasteiger partial charge in [0.2, 0.25) is 5.91 Å². The SMILES string of the molecule is Cc1cccc(-c2nnc(SC(C)C(=O)NC(C)CCc3ccccc3)n2C)c1. The summed E-state index contributed by atoms with van der Waals surface area (Å²) in [6.45, 7) is 6.02. The lowest BCUT2D eigenvalue weighted by atomic mass is 10.1. The molecule has 0 aliphatic rings. The first-order valence-corrected chi connectivity index (χ1v) is 10.8. The summed E-state index contributed by atoms with van der Waals surface area (Å²) in [6.07, 6.45) is 1.86. The molecule has 0 saturated carbocycles. The van der Waals surface area contributed by atoms with E-state index in [4.69, 9.17) is 0 Å². The summed E-state index contributed by atoms with van der Waals surface area (Å²) >= 11 is 1.43. The molecule has 2 atom stereocenters. The fraction of sp³-hybridized carbons (Fsp3) is 0.348. The molecule has 1 amide bonds. The zero-order chi connectivity index (χ0) is 20.8. The van der Waals surface area contributed by atoms with Crippen LogP contribution in [0.3, 0.4) is 0 Å². The Hall–Kier alpha value is -2.60. The topological polar surface area (TPSA) is 59.8 Å². The second kappa shape index (κ2) is 9.74. The Labute approximate surface area is 176 Å². The highest BCUT2D eigenvalue weighted by Crippen LogP contribution is 2.26. The van der Waals surface area contributed by atoms with E-state index in [-0.39, 0.29) is 17.2 Å². The van der Waals surface area contributed by atoms with Crippen LogP contribution in [-0.4, -0.2) is 32.0 Å². The highest BCUT2D eigenvalue weighted by Gasteiger charge is 2.20. The van der Waals surface area contributed by atoms with Crippen molar-refractivity contribution >= 4 is 17.7 Å². The molecule has 5 nitrogen and oxygen atoms in total. The van der Waals surface area contributed by atoms with Gasteiger partial charge in [0, 0.05) is 18.7 Å². The molecule has 1 heterocycles. The van der Waals surface area contributed by atoms with E-state index in [2.05, 4.69) is 53.6 Å². The van der Waals surface area contributed by atoms with E-state index in [1.165, 1.54) is 22.9 Å². The van der Waals surface area contributed by atoms with Crippen LogP contribution < -0.4 is 5.32 Å². The number of benzene rings is 2. The third-order valence-electron chi connectivity index (χ3n) is 4.86. The Morgan fingerprint density at radius 2 is 1.86 bits per heavy atom. The number of thioether (sulfide) groups is 1. The minimum atomic E-state index is -0.248. The molecule has 1 aromatic heterocycles. The molecule has 0 saturated heterocycles. The first kappa shape index (κ1) is 21.1. The van der Waals surface area contributed by atoms with Crippen LogP contribution in [0.2, 0.25) is 0 Å². The van der Waals surface area contributed by atoms with Gasteiger partial charge in [0.25, 0.3) is 0 Å². The van der Waals surface area contributed by atoms with Crippen molar-refractivity contribution in [3.05, 3.63) is 65.7 Å². The van der Waals surface area contributed by atoms with Crippen LogP contribution >= 0.6 is 11.8 Å². The van der Waals surface area contributed by atoms with Crippen molar-refractivity contribution in [3.63, 3.8) is 0 Å². The summed E-state index contributed by atoms with van der Waals surface area (Å²) < 4.78 is 1.95. The molecule has 2 unspecified atom stereocenters. The number of aromatic nitrogens is 3. The Bertz CT molecular complexity index is 955. The summed E-state index contributed by atoms with van der Waals surface area (Å²) in [7, 11) is 1.94. The molecule has 0 spiro atoms. The van der Waals surface area contributed by atoms with Crippen molar-refractivity contribution in [3.8, 4) is 11.4 Å². The standard InChI is InChI=1S/C23H28N4OS/c1-16-9-8-12-20(15-16)21-25-26-23(27(21)4)29-18(3)22(28)24-17(2)13-14-19-10-6-5-7-11-19/h5-12,15,17-18H,13-14H2,1-4H3,(H,24,28). The monoisotopic (exact) mass is 408 g/mol. The number of nitrogens with zero attached hydrogens (tertiary/aromatic N) is 3. The van der Waals surface area contributed by atoms with Gasteiger partial charge in [-0.1, -0.05) is 65.9 Å². The number of carbonyl (C=O) groups excluding carboxylic acids is 1. The Kier molecular flexibility index (Phi) is 7.09. The van der Waals surface area contributed by atoms with Crippen molar-refractivity contribution < 1.29 is 4.79 Å². The Morgan fingerprint density at radius 1 is 1.10 bits per heavy atom. The number of nitrogens with one attached hydrogen (secondary N) is 1. The van der Waals surface area contributed by atoms with E-state index >= 15 is 0 Å². The van der Waals surface area contributed by atoms with Crippen LogP contribution in [0.5, 0.6) is 0 Å². The molecular weight excluding hydrogens is 380 g/mol. The van der Waals surface area contributed by atoms with Crippen LogP contribution in [-0.2, 0) is 18.3 Å². The van der Waals surface area contributed by atoms with Gasteiger partial charge in [-0.05, 0) is 45.2 Å². The molecule has 0 aliphatic carbocycles. The van der Waals surface area contributed by atoms with Gasteiger partial charge in [-0.15, -0.1) is 10.2 Å². The van der Waals surface area contributed by atoms with Crippen molar-refractivity contribution in [1.29, 1.82) is 0 Å². The zero-order valence-corrected chi connectivity index (χ0v) is 18.2. The average molecular weight is 409 g/mol. The van der Waals surface area contributed by atoms with Crippen LogP contribution in [0, 0.1) is 6.92 Å². The molecule has 3 rings (SSSR count). The summed E-state index contributed by atoms with van der Waals surface area (Å²) in [5.74, 6) is 0.829. The molecule has 0 radical (unpaired) electrons. The van der Waals surface area contributed by atoms with Gasteiger partial charge in [0.1, 0.15) is 0 Å². The van der Waals surface area contributed by atoms with Gasteiger partial charge < -0.3 is 9.88 Å². The zero-order valence-electron chi connectivity index (χ0n) is 17.4. The van der Waals surface area contributed by atoms with Crippen molar-refractivity contribution in [2.24, 2.45) is 7.05 Å². The molecule has 2 aromatic carbocycles. The summed E-state index contributed by atoms with van der Waals surface area (Å²) in [5.41, 5.74) is 3.49. The minimum absolute atomic E-state index is 0.0238. The highest BCUT2D eigenvalue weighted by molar-refractivity contribution is 8.00. The van der Waals surface area contributed by atoms with Gasteiger partial charge in [0.05, 0.1) is 5.25 Å². The van der Waals surface area contributed by atoms with Gasteiger partial charge in [-0.25, -0.2) is 0 Å². The van der Waals surface area contributed by atoms with Gasteiger partial charge in [-0.3, -0.25) is 4.79 Å². The maximum absolute atomic E-state index is 12.6. The molecule has 6 heteroatoms. The maximum Gasteiger partial charge on any atom is 0.233 e. The molecular formula is C23H28N4OS. The van der Waals surface area contributed by atoms with Gasteiger partial charge >= 0.3 is 0 Å². The largest absolute Gasteiger partial charge is 0.353 e. The number of rotatable bonds is 8. The van der Waals surface area contributed by atoms with E-state index in [9.17, 15) is 4.79 Å². The fourth-order valence-electron chi connectivity index (χ4n) is 3.12. The lowest BCUT2D eigenvalue weighted by Gasteiger charge is -2.17. The van der Waals surface area contributed by atoms with Crippen LogP contribution in [0.15, 0.2) is 59.8 Å². The van der Waals surface area contributed by atoms with Gasteiger partial charge in [-0.2, -0.15) is 0 Å². The third-order valence-corrected chi connectivity index (χ3v) is 5.99. The third kappa shape index (κ3) is 5.70. The average Bonchev–Trinajstić information content (AvgIpc) is 3.07. The maximum atomic E-state index is 12.6. The summed E-state index contributed by atoms with van der Waals surface area (Å²) in [5, 5.41) is 12.2. The molecule has 0 fully saturated rings. The Balaban J connectivity index is 1.55. The normalized spacial score (nSPS) is 13.1. The Morgan fingerprint density at radius 3 is 2.59 bits per heavy atom. The molecule has 152 valence electrons. The number of amides is 1. The highest BCUT2D eigenvalue weighted by atomic mass is 32.2.